The number of rotatable bonds is 6. The lowest BCUT2D eigenvalue weighted by molar-refractivity contribution is -0.123. The molecule has 0 saturated carbocycles. The summed E-state index contributed by atoms with van der Waals surface area (Å²) >= 11 is 0. The van der Waals surface area contributed by atoms with Crippen molar-refractivity contribution in [3.05, 3.63) is 89.9 Å². The molecule has 0 radical (unpaired) electrons. The molecule has 5 rings (SSSR count). The van der Waals surface area contributed by atoms with E-state index in [1.54, 1.807) is 10.9 Å². The first kappa shape index (κ1) is 22.7. The van der Waals surface area contributed by atoms with E-state index in [9.17, 15) is 4.79 Å². The summed E-state index contributed by atoms with van der Waals surface area (Å²) in [5.74, 6) is 2.29. The van der Waals surface area contributed by atoms with Gasteiger partial charge in [0, 0.05) is 30.9 Å². The Hall–Kier alpha value is -4.07. The van der Waals surface area contributed by atoms with Gasteiger partial charge in [0.25, 0.3) is 0 Å². The number of aromatic nitrogens is 5. The lowest BCUT2D eigenvalue weighted by atomic mass is 9.95. The van der Waals surface area contributed by atoms with Gasteiger partial charge in [0.05, 0.1) is 12.2 Å². The van der Waals surface area contributed by atoms with Crippen LogP contribution in [0.15, 0.2) is 72.9 Å². The summed E-state index contributed by atoms with van der Waals surface area (Å²) in [6.45, 7) is 5.99. The van der Waals surface area contributed by atoms with Crippen molar-refractivity contribution in [2.75, 3.05) is 22.9 Å². The molecule has 1 aromatic carbocycles. The Bertz CT molecular complexity index is 1260. The van der Waals surface area contributed by atoms with Gasteiger partial charge >= 0.3 is 0 Å². The molecular formula is C27H29N7O. The molecule has 1 aliphatic heterocycles. The fraction of sp³-hybridized carbons (Fsp3) is 0.296. The van der Waals surface area contributed by atoms with E-state index in [0.29, 0.717) is 18.2 Å². The first-order valence-electron chi connectivity index (χ1n) is 12.0. The van der Waals surface area contributed by atoms with E-state index in [4.69, 9.17) is 0 Å². The summed E-state index contributed by atoms with van der Waals surface area (Å²) in [6, 6.07) is 21.7. The average molecular weight is 468 g/mol. The minimum atomic E-state index is -0.0566. The lowest BCUT2D eigenvalue weighted by Crippen LogP contribution is -2.43. The number of hydrogen-bond donors (Lipinski definition) is 0. The first-order chi connectivity index (χ1) is 17.1. The standard InChI is InChI=1S/C27H29N7O/c1-20-18-21(2)34(31-20)26-12-11-25(29-30-26)32-16-13-23(14-17-32)27(35)33(24-10-6-7-15-28-24)19-22-8-4-3-5-9-22/h3-12,15,18,23H,13-14,16-17,19H2,1-2H3. The van der Waals surface area contributed by atoms with E-state index >= 15 is 0 Å². The molecule has 4 aromatic rings. The van der Waals surface area contributed by atoms with Crippen LogP contribution >= 0.6 is 0 Å². The molecule has 0 bridgehead atoms. The van der Waals surface area contributed by atoms with Crippen LogP contribution in [-0.2, 0) is 11.3 Å². The first-order valence-corrected chi connectivity index (χ1v) is 12.0. The molecule has 8 nitrogen and oxygen atoms in total. The number of piperidine rings is 1. The average Bonchev–Trinajstić information content (AvgIpc) is 3.26. The Kier molecular flexibility index (Phi) is 6.52. The quantitative estimate of drug-likeness (QED) is 0.424. The Morgan fingerprint density at radius 2 is 1.66 bits per heavy atom. The largest absolute Gasteiger partial charge is 0.355 e. The highest BCUT2D eigenvalue weighted by Crippen LogP contribution is 2.26. The third-order valence-corrected chi connectivity index (χ3v) is 6.41. The minimum Gasteiger partial charge on any atom is -0.355 e. The normalized spacial score (nSPS) is 14.2. The second-order valence-corrected chi connectivity index (χ2v) is 8.95. The van der Waals surface area contributed by atoms with E-state index < -0.39 is 0 Å². The fourth-order valence-electron chi connectivity index (χ4n) is 4.59. The van der Waals surface area contributed by atoms with Gasteiger partial charge in [-0.25, -0.2) is 9.67 Å². The number of anilines is 2. The van der Waals surface area contributed by atoms with Gasteiger partial charge in [0.2, 0.25) is 5.91 Å². The van der Waals surface area contributed by atoms with Crippen LogP contribution in [0.25, 0.3) is 5.82 Å². The van der Waals surface area contributed by atoms with Crippen molar-refractivity contribution in [2.45, 2.75) is 33.2 Å². The van der Waals surface area contributed by atoms with Gasteiger partial charge in [-0.15, -0.1) is 10.2 Å². The van der Waals surface area contributed by atoms with E-state index in [-0.39, 0.29) is 11.8 Å². The van der Waals surface area contributed by atoms with Crippen LogP contribution in [0, 0.1) is 19.8 Å². The molecule has 4 heterocycles. The van der Waals surface area contributed by atoms with Crippen LogP contribution in [0.2, 0.25) is 0 Å². The molecule has 1 aliphatic rings. The molecule has 8 heteroatoms. The van der Waals surface area contributed by atoms with Crippen molar-refractivity contribution in [1.29, 1.82) is 0 Å². The van der Waals surface area contributed by atoms with E-state index in [0.717, 1.165) is 48.7 Å². The van der Waals surface area contributed by atoms with Gasteiger partial charge in [-0.1, -0.05) is 36.4 Å². The van der Waals surface area contributed by atoms with Crippen LogP contribution in [0.3, 0.4) is 0 Å². The second-order valence-electron chi connectivity index (χ2n) is 8.95. The third kappa shape index (κ3) is 5.06. The number of aryl methyl sites for hydroxylation is 2. The number of pyridine rings is 1. The number of nitrogens with zero attached hydrogens (tertiary/aromatic N) is 7. The molecule has 0 atom stereocenters. The summed E-state index contributed by atoms with van der Waals surface area (Å²) in [5, 5.41) is 13.3. The predicted molar refractivity (Wildman–Crippen MR) is 135 cm³/mol. The third-order valence-electron chi connectivity index (χ3n) is 6.41. The molecule has 1 saturated heterocycles. The summed E-state index contributed by atoms with van der Waals surface area (Å²) < 4.78 is 1.80. The molecule has 0 unspecified atom stereocenters. The minimum absolute atomic E-state index is 0.0566. The topological polar surface area (TPSA) is 80.0 Å². The van der Waals surface area contributed by atoms with Crippen LogP contribution < -0.4 is 9.80 Å². The highest BCUT2D eigenvalue weighted by Gasteiger charge is 2.30. The van der Waals surface area contributed by atoms with E-state index in [2.05, 4.69) is 25.2 Å². The highest BCUT2D eigenvalue weighted by molar-refractivity contribution is 5.94. The van der Waals surface area contributed by atoms with Crippen molar-refractivity contribution in [3.63, 3.8) is 0 Å². The number of benzene rings is 1. The molecule has 1 amide bonds. The number of hydrogen-bond acceptors (Lipinski definition) is 6. The van der Waals surface area contributed by atoms with Crippen molar-refractivity contribution in [3.8, 4) is 5.82 Å². The molecule has 1 fully saturated rings. The van der Waals surface area contributed by atoms with Crippen molar-refractivity contribution < 1.29 is 4.79 Å². The van der Waals surface area contributed by atoms with Gasteiger partial charge in [-0.2, -0.15) is 5.10 Å². The number of carbonyl (C=O) groups is 1. The van der Waals surface area contributed by atoms with E-state index in [1.165, 1.54) is 0 Å². The Morgan fingerprint density at radius 1 is 0.943 bits per heavy atom. The van der Waals surface area contributed by atoms with Gasteiger partial charge < -0.3 is 4.90 Å². The van der Waals surface area contributed by atoms with Crippen LogP contribution in [0.4, 0.5) is 11.6 Å². The van der Waals surface area contributed by atoms with Crippen molar-refractivity contribution in [1.82, 2.24) is 25.0 Å². The Labute approximate surface area is 205 Å². The fourth-order valence-corrected chi connectivity index (χ4v) is 4.59. The molecule has 0 aliphatic carbocycles. The van der Waals surface area contributed by atoms with Gasteiger partial charge in [-0.3, -0.25) is 9.69 Å². The molecule has 0 spiro atoms. The maximum Gasteiger partial charge on any atom is 0.231 e. The Balaban J connectivity index is 1.26. The van der Waals surface area contributed by atoms with Crippen LogP contribution in [0.5, 0.6) is 0 Å². The summed E-state index contributed by atoms with van der Waals surface area (Å²) in [4.78, 5) is 22.1. The van der Waals surface area contributed by atoms with Crippen molar-refractivity contribution in [2.24, 2.45) is 5.92 Å². The SMILES string of the molecule is Cc1cc(C)n(-c2ccc(N3CCC(C(=O)N(Cc4ccccc4)c4ccccn4)CC3)nn2)n1. The van der Waals surface area contributed by atoms with Crippen LogP contribution in [-0.4, -0.2) is 44.0 Å². The summed E-state index contributed by atoms with van der Waals surface area (Å²) in [6.07, 6.45) is 3.26. The molecule has 0 N–H and O–H groups in total. The Morgan fingerprint density at radius 3 is 2.29 bits per heavy atom. The zero-order chi connectivity index (χ0) is 24.2. The highest BCUT2D eigenvalue weighted by atomic mass is 16.2. The van der Waals surface area contributed by atoms with E-state index in [1.807, 2.05) is 85.5 Å². The zero-order valence-electron chi connectivity index (χ0n) is 20.1. The number of carbonyl (C=O) groups excluding carboxylic acids is 1. The second kappa shape index (κ2) is 10.0. The lowest BCUT2D eigenvalue weighted by Gasteiger charge is -2.34. The van der Waals surface area contributed by atoms with Gasteiger partial charge in [-0.05, 0) is 62.6 Å². The molecule has 3 aromatic heterocycles. The van der Waals surface area contributed by atoms with Crippen molar-refractivity contribution >= 4 is 17.5 Å². The maximum atomic E-state index is 13.6. The maximum absolute atomic E-state index is 13.6. The van der Waals surface area contributed by atoms with Gasteiger partial charge in [0.15, 0.2) is 11.6 Å². The zero-order valence-corrected chi connectivity index (χ0v) is 20.1. The molecule has 35 heavy (non-hydrogen) atoms. The summed E-state index contributed by atoms with van der Waals surface area (Å²) in [5.41, 5.74) is 3.06. The monoisotopic (exact) mass is 467 g/mol. The molecular weight excluding hydrogens is 438 g/mol. The number of amides is 1. The smallest absolute Gasteiger partial charge is 0.231 e. The predicted octanol–water partition coefficient (Wildman–Crippen LogP) is 4.12. The van der Waals surface area contributed by atoms with Crippen LogP contribution in [0.1, 0.15) is 29.8 Å². The van der Waals surface area contributed by atoms with Gasteiger partial charge in [0.1, 0.15) is 5.82 Å². The summed E-state index contributed by atoms with van der Waals surface area (Å²) in [7, 11) is 0. The molecule has 178 valence electrons.